The molecule has 0 bridgehead atoms. The minimum atomic E-state index is 0.302. The number of carbonyl (C=O) groups is 1. The summed E-state index contributed by atoms with van der Waals surface area (Å²) in [6, 6.07) is 4.08. The molecule has 1 aliphatic carbocycles. The number of carbonyl (C=O) groups excluding carboxylic acids is 1. The van der Waals surface area contributed by atoms with E-state index in [9.17, 15) is 4.79 Å². The van der Waals surface area contributed by atoms with Gasteiger partial charge in [0, 0.05) is 19.5 Å². The van der Waals surface area contributed by atoms with Gasteiger partial charge in [0.15, 0.2) is 11.5 Å². The number of hydrogen-bond acceptors (Lipinski definition) is 3. The lowest BCUT2D eigenvalue weighted by atomic mass is 9.86. The fourth-order valence-electron chi connectivity index (χ4n) is 4.27. The molecule has 0 unspecified atom stereocenters. The molecule has 1 aliphatic heterocycles. The van der Waals surface area contributed by atoms with Crippen LogP contribution in [0.3, 0.4) is 0 Å². The molecule has 1 aromatic rings. The molecule has 0 spiro atoms. The summed E-state index contributed by atoms with van der Waals surface area (Å²) < 4.78 is 10.8. The van der Waals surface area contributed by atoms with Crippen LogP contribution in [0.1, 0.15) is 62.5 Å². The number of fused-ring (bicyclic) bond motifs is 1. The molecule has 0 saturated heterocycles. The highest BCUT2D eigenvalue weighted by Gasteiger charge is 2.23. The van der Waals surface area contributed by atoms with E-state index in [-0.39, 0.29) is 0 Å². The SMILES string of the molecule is COc1cc2c(cc1OC)CN(C(=O)CCCC1CCCCC1)CC2. The molecule has 1 heterocycles. The van der Waals surface area contributed by atoms with Gasteiger partial charge in [0.1, 0.15) is 0 Å². The predicted molar refractivity (Wildman–Crippen MR) is 99.1 cm³/mol. The zero-order valence-corrected chi connectivity index (χ0v) is 15.7. The van der Waals surface area contributed by atoms with Crippen molar-refractivity contribution in [3.05, 3.63) is 23.3 Å². The number of ether oxygens (including phenoxy) is 2. The Morgan fingerprint density at radius 2 is 1.76 bits per heavy atom. The maximum atomic E-state index is 12.6. The van der Waals surface area contributed by atoms with Gasteiger partial charge in [0.05, 0.1) is 14.2 Å². The van der Waals surface area contributed by atoms with Gasteiger partial charge < -0.3 is 14.4 Å². The van der Waals surface area contributed by atoms with Crippen LogP contribution in [0.2, 0.25) is 0 Å². The topological polar surface area (TPSA) is 38.8 Å². The third-order valence-corrected chi connectivity index (χ3v) is 5.80. The second kappa shape index (κ2) is 8.59. The third-order valence-electron chi connectivity index (χ3n) is 5.80. The lowest BCUT2D eigenvalue weighted by Gasteiger charge is -2.30. The van der Waals surface area contributed by atoms with E-state index < -0.39 is 0 Å². The average Bonchev–Trinajstić information content (AvgIpc) is 2.67. The summed E-state index contributed by atoms with van der Waals surface area (Å²) in [5.41, 5.74) is 2.45. The summed E-state index contributed by atoms with van der Waals surface area (Å²) in [4.78, 5) is 14.6. The summed E-state index contributed by atoms with van der Waals surface area (Å²) in [6.45, 7) is 1.50. The van der Waals surface area contributed by atoms with Gasteiger partial charge in [0.25, 0.3) is 0 Å². The van der Waals surface area contributed by atoms with Crippen LogP contribution >= 0.6 is 0 Å². The number of nitrogens with zero attached hydrogens (tertiary/aromatic N) is 1. The van der Waals surface area contributed by atoms with Crippen LogP contribution in [-0.4, -0.2) is 31.6 Å². The first-order valence-electron chi connectivity index (χ1n) is 9.73. The summed E-state index contributed by atoms with van der Waals surface area (Å²) in [7, 11) is 3.32. The van der Waals surface area contributed by atoms with Crippen molar-refractivity contribution < 1.29 is 14.3 Å². The highest BCUT2D eigenvalue weighted by atomic mass is 16.5. The lowest BCUT2D eigenvalue weighted by Crippen LogP contribution is -2.35. The van der Waals surface area contributed by atoms with Crippen molar-refractivity contribution in [1.82, 2.24) is 4.90 Å². The number of hydrogen-bond donors (Lipinski definition) is 0. The molecular weight excluding hydrogens is 314 g/mol. The molecule has 138 valence electrons. The van der Waals surface area contributed by atoms with Crippen LogP contribution in [0.4, 0.5) is 0 Å². The standard InChI is InChI=1S/C21H31NO3/c1-24-19-13-17-11-12-22(15-18(17)14-20(19)25-2)21(23)10-6-9-16-7-4-3-5-8-16/h13-14,16H,3-12,15H2,1-2H3. The molecule has 1 amide bonds. The molecule has 0 N–H and O–H groups in total. The maximum Gasteiger partial charge on any atom is 0.222 e. The second-order valence-corrected chi connectivity index (χ2v) is 7.44. The summed E-state index contributed by atoms with van der Waals surface area (Å²) >= 11 is 0. The zero-order valence-electron chi connectivity index (χ0n) is 15.7. The van der Waals surface area contributed by atoms with Gasteiger partial charge in [0.2, 0.25) is 5.91 Å². The monoisotopic (exact) mass is 345 g/mol. The molecule has 0 atom stereocenters. The third kappa shape index (κ3) is 4.47. The fraction of sp³-hybridized carbons (Fsp3) is 0.667. The Labute approximate surface area is 151 Å². The number of methoxy groups -OCH3 is 2. The fourth-order valence-corrected chi connectivity index (χ4v) is 4.27. The van der Waals surface area contributed by atoms with Crippen molar-refractivity contribution >= 4 is 5.91 Å². The average molecular weight is 345 g/mol. The van der Waals surface area contributed by atoms with Gasteiger partial charge in [-0.2, -0.15) is 0 Å². The van der Waals surface area contributed by atoms with Crippen molar-refractivity contribution in [2.24, 2.45) is 5.92 Å². The van der Waals surface area contributed by atoms with Gasteiger partial charge in [-0.25, -0.2) is 0 Å². The maximum absolute atomic E-state index is 12.6. The Morgan fingerprint density at radius 3 is 2.44 bits per heavy atom. The minimum absolute atomic E-state index is 0.302. The molecule has 4 heteroatoms. The van der Waals surface area contributed by atoms with E-state index in [1.807, 2.05) is 11.0 Å². The second-order valence-electron chi connectivity index (χ2n) is 7.44. The van der Waals surface area contributed by atoms with Crippen molar-refractivity contribution in [2.75, 3.05) is 20.8 Å². The van der Waals surface area contributed by atoms with Crippen molar-refractivity contribution in [3.8, 4) is 11.5 Å². The predicted octanol–water partition coefficient (Wildman–Crippen LogP) is 4.34. The first-order valence-corrected chi connectivity index (χ1v) is 9.73. The normalized spacial score (nSPS) is 17.9. The number of rotatable bonds is 6. The molecule has 25 heavy (non-hydrogen) atoms. The zero-order chi connectivity index (χ0) is 17.6. The molecule has 3 rings (SSSR count). The first-order chi connectivity index (χ1) is 12.2. The van der Waals surface area contributed by atoms with Crippen LogP contribution in [-0.2, 0) is 17.8 Å². The van der Waals surface area contributed by atoms with Crippen LogP contribution in [0, 0.1) is 5.92 Å². The number of benzene rings is 1. The van der Waals surface area contributed by atoms with Crippen molar-refractivity contribution in [3.63, 3.8) is 0 Å². The number of amides is 1. The van der Waals surface area contributed by atoms with E-state index in [2.05, 4.69) is 6.07 Å². The van der Waals surface area contributed by atoms with E-state index in [0.717, 1.165) is 36.8 Å². The Morgan fingerprint density at radius 1 is 1.08 bits per heavy atom. The van der Waals surface area contributed by atoms with Gasteiger partial charge in [-0.05, 0) is 48.4 Å². The Balaban J connectivity index is 1.53. The largest absolute Gasteiger partial charge is 0.493 e. The Bertz CT molecular complexity index is 593. The molecule has 0 aromatic heterocycles. The van der Waals surface area contributed by atoms with Crippen molar-refractivity contribution in [2.45, 2.75) is 64.3 Å². The molecular formula is C21H31NO3. The minimum Gasteiger partial charge on any atom is -0.493 e. The van der Waals surface area contributed by atoms with E-state index in [1.165, 1.54) is 49.7 Å². The van der Waals surface area contributed by atoms with E-state index in [0.29, 0.717) is 18.9 Å². The molecule has 1 aromatic carbocycles. The Hall–Kier alpha value is -1.71. The van der Waals surface area contributed by atoms with Gasteiger partial charge in [-0.15, -0.1) is 0 Å². The van der Waals surface area contributed by atoms with Crippen LogP contribution in [0.5, 0.6) is 11.5 Å². The summed E-state index contributed by atoms with van der Waals surface area (Å²) in [5, 5.41) is 0. The molecule has 2 aliphatic rings. The van der Waals surface area contributed by atoms with E-state index in [4.69, 9.17) is 9.47 Å². The molecule has 1 saturated carbocycles. The quantitative estimate of drug-likeness (QED) is 0.770. The van der Waals surface area contributed by atoms with Crippen LogP contribution < -0.4 is 9.47 Å². The highest BCUT2D eigenvalue weighted by molar-refractivity contribution is 5.76. The molecule has 0 radical (unpaired) electrons. The van der Waals surface area contributed by atoms with E-state index >= 15 is 0 Å². The Kier molecular flexibility index (Phi) is 6.22. The highest BCUT2D eigenvalue weighted by Crippen LogP contribution is 2.33. The molecule has 4 nitrogen and oxygen atoms in total. The van der Waals surface area contributed by atoms with Crippen LogP contribution in [0.25, 0.3) is 0 Å². The summed E-state index contributed by atoms with van der Waals surface area (Å²) in [5.74, 6) is 2.68. The van der Waals surface area contributed by atoms with E-state index in [1.54, 1.807) is 14.2 Å². The van der Waals surface area contributed by atoms with Crippen molar-refractivity contribution in [1.29, 1.82) is 0 Å². The van der Waals surface area contributed by atoms with Gasteiger partial charge in [-0.3, -0.25) is 4.79 Å². The first kappa shape index (κ1) is 18.1. The van der Waals surface area contributed by atoms with Crippen LogP contribution in [0.15, 0.2) is 12.1 Å². The lowest BCUT2D eigenvalue weighted by molar-refractivity contribution is -0.132. The molecule has 1 fully saturated rings. The van der Waals surface area contributed by atoms with Gasteiger partial charge >= 0.3 is 0 Å². The smallest absolute Gasteiger partial charge is 0.222 e. The van der Waals surface area contributed by atoms with Gasteiger partial charge in [-0.1, -0.05) is 32.1 Å². The summed E-state index contributed by atoms with van der Waals surface area (Å²) in [6.07, 6.45) is 10.7.